The number of nitrogens with zero attached hydrogens (tertiary/aromatic N) is 1. The fourth-order valence-corrected chi connectivity index (χ4v) is 2.37. The number of allylic oxidation sites excluding steroid dienone is 2. The van der Waals surface area contributed by atoms with Gasteiger partial charge >= 0.3 is 5.97 Å². The molecule has 0 heterocycles. The molecule has 1 amide bonds. The average molecular weight is 311 g/mol. The highest BCUT2D eigenvalue weighted by atomic mass is 16.4. The summed E-state index contributed by atoms with van der Waals surface area (Å²) in [5, 5.41) is 8.81. The Morgan fingerprint density at radius 2 is 1.64 bits per heavy atom. The predicted molar refractivity (Wildman–Crippen MR) is 90.9 cm³/mol. The van der Waals surface area contributed by atoms with Crippen LogP contribution in [0.25, 0.3) is 0 Å². The molecule has 0 saturated carbocycles. The third-order valence-corrected chi connectivity index (χ3v) is 3.73. The lowest BCUT2D eigenvalue weighted by atomic mass is 10.1. The lowest BCUT2D eigenvalue weighted by Gasteiger charge is -2.22. The first-order chi connectivity index (χ1) is 10.6. The van der Waals surface area contributed by atoms with Gasteiger partial charge in [0.15, 0.2) is 0 Å². The van der Waals surface area contributed by atoms with Gasteiger partial charge in [0.05, 0.1) is 6.42 Å². The molecule has 22 heavy (non-hydrogen) atoms. The summed E-state index contributed by atoms with van der Waals surface area (Å²) in [7, 11) is 0. The zero-order valence-corrected chi connectivity index (χ0v) is 14.4. The minimum Gasteiger partial charge on any atom is -0.481 e. The number of carboxylic acids is 1. The highest BCUT2D eigenvalue weighted by molar-refractivity contribution is 5.77. The van der Waals surface area contributed by atoms with E-state index in [9.17, 15) is 9.59 Å². The molecule has 4 heteroatoms. The van der Waals surface area contributed by atoms with Crippen molar-refractivity contribution in [3.8, 4) is 0 Å². The molecule has 0 aromatic rings. The number of hydrogen-bond acceptors (Lipinski definition) is 2. The fourth-order valence-electron chi connectivity index (χ4n) is 2.37. The van der Waals surface area contributed by atoms with Gasteiger partial charge in [0, 0.05) is 19.5 Å². The second-order valence-electron chi connectivity index (χ2n) is 5.75. The van der Waals surface area contributed by atoms with Crippen molar-refractivity contribution in [2.45, 2.75) is 78.1 Å². The number of hydrogen-bond donors (Lipinski definition) is 1. The number of carbonyl (C=O) groups excluding carboxylic acids is 1. The Morgan fingerprint density at radius 3 is 2.27 bits per heavy atom. The van der Waals surface area contributed by atoms with E-state index in [1.54, 1.807) is 4.90 Å². The number of rotatable bonds is 14. The topological polar surface area (TPSA) is 57.6 Å². The average Bonchev–Trinajstić information content (AvgIpc) is 2.49. The maximum absolute atomic E-state index is 12.2. The van der Waals surface area contributed by atoms with E-state index in [0.29, 0.717) is 19.5 Å². The number of carboxylic acid groups (broad SMARTS) is 1. The van der Waals surface area contributed by atoms with Crippen LogP contribution in [0.15, 0.2) is 12.2 Å². The van der Waals surface area contributed by atoms with E-state index in [-0.39, 0.29) is 12.3 Å². The minimum atomic E-state index is -0.838. The monoisotopic (exact) mass is 311 g/mol. The van der Waals surface area contributed by atoms with Gasteiger partial charge in [-0.05, 0) is 26.2 Å². The van der Waals surface area contributed by atoms with Crippen LogP contribution < -0.4 is 0 Å². The predicted octanol–water partition coefficient (Wildman–Crippen LogP) is 4.40. The summed E-state index contributed by atoms with van der Waals surface area (Å²) in [4.78, 5) is 24.7. The van der Waals surface area contributed by atoms with Crippen LogP contribution in [0.4, 0.5) is 0 Å². The fraction of sp³-hybridized carbons (Fsp3) is 0.778. The molecule has 0 aromatic heterocycles. The second kappa shape index (κ2) is 14.6. The summed E-state index contributed by atoms with van der Waals surface area (Å²) >= 11 is 0. The highest BCUT2D eigenvalue weighted by Crippen LogP contribution is 2.08. The van der Waals surface area contributed by atoms with Gasteiger partial charge in [-0.2, -0.15) is 0 Å². The minimum absolute atomic E-state index is 0.0381. The molecule has 0 aliphatic carbocycles. The summed E-state index contributed by atoms with van der Waals surface area (Å²) in [6.07, 6.45) is 13.4. The molecule has 0 fully saturated rings. The van der Waals surface area contributed by atoms with Gasteiger partial charge in [-0.25, -0.2) is 0 Å². The Labute approximate surface area is 135 Å². The van der Waals surface area contributed by atoms with Gasteiger partial charge in [0.25, 0.3) is 0 Å². The first-order valence-electron chi connectivity index (χ1n) is 8.72. The van der Waals surface area contributed by atoms with Crippen molar-refractivity contribution in [3.63, 3.8) is 0 Å². The Kier molecular flexibility index (Phi) is 13.7. The Bertz CT molecular complexity index is 326. The molecule has 0 bridgehead atoms. The molecule has 4 nitrogen and oxygen atoms in total. The number of aliphatic carboxylic acids is 1. The lowest BCUT2D eigenvalue weighted by Crippen LogP contribution is -2.33. The van der Waals surface area contributed by atoms with Crippen molar-refractivity contribution in [2.24, 2.45) is 0 Å². The molecule has 0 spiro atoms. The first-order valence-corrected chi connectivity index (χ1v) is 8.72. The van der Waals surface area contributed by atoms with E-state index in [0.717, 1.165) is 25.7 Å². The van der Waals surface area contributed by atoms with Crippen molar-refractivity contribution in [3.05, 3.63) is 12.2 Å². The van der Waals surface area contributed by atoms with Crippen LogP contribution >= 0.6 is 0 Å². The van der Waals surface area contributed by atoms with E-state index < -0.39 is 5.97 Å². The Balaban J connectivity index is 4.06. The van der Waals surface area contributed by atoms with Crippen molar-refractivity contribution >= 4 is 11.9 Å². The summed E-state index contributed by atoms with van der Waals surface area (Å²) in [5.41, 5.74) is 0. The third-order valence-electron chi connectivity index (χ3n) is 3.73. The maximum Gasteiger partial charge on any atom is 0.305 e. The van der Waals surface area contributed by atoms with Gasteiger partial charge in [-0.1, -0.05) is 51.2 Å². The van der Waals surface area contributed by atoms with Crippen LogP contribution in [0.3, 0.4) is 0 Å². The Morgan fingerprint density at radius 1 is 0.955 bits per heavy atom. The van der Waals surface area contributed by atoms with Crippen LogP contribution in [0.2, 0.25) is 0 Å². The van der Waals surface area contributed by atoms with Crippen molar-refractivity contribution in [1.29, 1.82) is 0 Å². The number of carbonyl (C=O) groups is 2. The van der Waals surface area contributed by atoms with E-state index in [2.05, 4.69) is 13.0 Å². The summed E-state index contributed by atoms with van der Waals surface area (Å²) < 4.78 is 0. The van der Waals surface area contributed by atoms with E-state index in [1.807, 2.05) is 13.0 Å². The van der Waals surface area contributed by atoms with Crippen LogP contribution in [-0.2, 0) is 9.59 Å². The van der Waals surface area contributed by atoms with E-state index in [1.165, 1.54) is 25.7 Å². The molecule has 0 aliphatic heterocycles. The van der Waals surface area contributed by atoms with Crippen molar-refractivity contribution < 1.29 is 14.7 Å². The molecule has 128 valence electrons. The first kappa shape index (κ1) is 20.7. The summed E-state index contributed by atoms with van der Waals surface area (Å²) in [6, 6.07) is 0. The van der Waals surface area contributed by atoms with Crippen LogP contribution in [-0.4, -0.2) is 35.0 Å². The van der Waals surface area contributed by atoms with E-state index >= 15 is 0 Å². The molecule has 0 aromatic carbocycles. The molecule has 0 atom stereocenters. The molecule has 1 N–H and O–H groups in total. The number of unbranched alkanes of at least 4 members (excludes halogenated alkanes) is 6. The zero-order valence-electron chi connectivity index (χ0n) is 14.4. The highest BCUT2D eigenvalue weighted by Gasteiger charge is 2.13. The lowest BCUT2D eigenvalue weighted by molar-refractivity contribution is -0.138. The summed E-state index contributed by atoms with van der Waals surface area (Å²) in [6.45, 7) is 5.20. The molecule has 0 saturated heterocycles. The zero-order chi connectivity index (χ0) is 16.6. The molecule has 0 unspecified atom stereocenters. The Hall–Kier alpha value is -1.32. The van der Waals surface area contributed by atoms with Gasteiger partial charge in [-0.3, -0.25) is 9.59 Å². The standard InChI is InChI=1S/C18H33NO3/c1-3-5-7-9-10-12-15-19(16-14-18(21)22)17(20)13-11-8-6-4-2/h4,6H,3,5,7-16H2,1-2H3,(H,21,22)/b6-4+. The van der Waals surface area contributed by atoms with E-state index in [4.69, 9.17) is 5.11 Å². The molecule has 0 rings (SSSR count). The van der Waals surface area contributed by atoms with Crippen LogP contribution in [0.1, 0.15) is 78.1 Å². The van der Waals surface area contributed by atoms with Gasteiger partial charge < -0.3 is 10.0 Å². The summed E-state index contributed by atoms with van der Waals surface area (Å²) in [5.74, 6) is -0.742. The molecule has 0 radical (unpaired) electrons. The van der Waals surface area contributed by atoms with Gasteiger partial charge in [0.1, 0.15) is 0 Å². The SMILES string of the molecule is C/C=C/CCCC(=O)N(CCCCCCCC)CCC(=O)O. The van der Waals surface area contributed by atoms with Crippen LogP contribution in [0, 0.1) is 0 Å². The van der Waals surface area contributed by atoms with Crippen molar-refractivity contribution in [1.82, 2.24) is 4.90 Å². The number of amides is 1. The van der Waals surface area contributed by atoms with Gasteiger partial charge in [0.2, 0.25) is 5.91 Å². The normalized spacial score (nSPS) is 11.0. The largest absolute Gasteiger partial charge is 0.481 e. The van der Waals surface area contributed by atoms with Gasteiger partial charge in [-0.15, -0.1) is 0 Å². The molecular formula is C18H33NO3. The molecule has 0 aliphatic rings. The maximum atomic E-state index is 12.2. The second-order valence-corrected chi connectivity index (χ2v) is 5.75. The quantitative estimate of drug-likeness (QED) is 0.382. The van der Waals surface area contributed by atoms with Crippen LogP contribution in [0.5, 0.6) is 0 Å². The smallest absolute Gasteiger partial charge is 0.305 e. The molecular weight excluding hydrogens is 278 g/mol. The van der Waals surface area contributed by atoms with Crippen molar-refractivity contribution in [2.75, 3.05) is 13.1 Å². The third kappa shape index (κ3) is 12.4.